The fourth-order valence-electron chi connectivity index (χ4n) is 4.97. The standard InChI is InChI=1S/C13H22/c1-3-13(2)8-9-7-12(13)11-6-4-5-10(9)11/h9-12H,3-8H2,1-2H3/t9?,10?,11?,12?,13-/m0/s1. The molecule has 0 aromatic heterocycles. The van der Waals surface area contributed by atoms with Crippen LogP contribution < -0.4 is 0 Å². The van der Waals surface area contributed by atoms with Crippen molar-refractivity contribution in [1.29, 1.82) is 0 Å². The molecule has 4 unspecified atom stereocenters. The van der Waals surface area contributed by atoms with Crippen molar-refractivity contribution in [3.8, 4) is 0 Å². The Hall–Kier alpha value is 0. The SMILES string of the molecule is CC[C@@]1(C)CC2CC1C1CCCC21. The molecule has 3 aliphatic carbocycles. The van der Waals surface area contributed by atoms with Crippen LogP contribution in [0.15, 0.2) is 0 Å². The van der Waals surface area contributed by atoms with Gasteiger partial charge in [-0.2, -0.15) is 0 Å². The second-order valence-corrected chi connectivity index (χ2v) is 6.07. The van der Waals surface area contributed by atoms with E-state index in [2.05, 4.69) is 13.8 Å². The minimum atomic E-state index is 0.746. The van der Waals surface area contributed by atoms with E-state index in [0.29, 0.717) is 0 Å². The van der Waals surface area contributed by atoms with Crippen molar-refractivity contribution in [3.05, 3.63) is 0 Å². The molecule has 0 aromatic carbocycles. The summed E-state index contributed by atoms with van der Waals surface area (Å²) in [6, 6.07) is 0. The van der Waals surface area contributed by atoms with Crippen molar-refractivity contribution in [1.82, 2.24) is 0 Å². The zero-order valence-electron chi connectivity index (χ0n) is 9.05. The molecule has 2 bridgehead atoms. The summed E-state index contributed by atoms with van der Waals surface area (Å²) in [5.74, 6) is 4.59. The number of fused-ring (bicyclic) bond motifs is 5. The fraction of sp³-hybridized carbons (Fsp3) is 1.00. The van der Waals surface area contributed by atoms with E-state index in [1.807, 2.05) is 0 Å². The van der Waals surface area contributed by atoms with Gasteiger partial charge in [0, 0.05) is 0 Å². The summed E-state index contributed by atoms with van der Waals surface area (Å²) >= 11 is 0. The Morgan fingerprint density at radius 1 is 1.23 bits per heavy atom. The molecule has 74 valence electrons. The van der Waals surface area contributed by atoms with E-state index >= 15 is 0 Å². The minimum absolute atomic E-state index is 0.746. The third-order valence-corrected chi connectivity index (χ3v) is 5.74. The van der Waals surface area contributed by atoms with Crippen LogP contribution in [0, 0.1) is 29.1 Å². The number of hydrogen-bond acceptors (Lipinski definition) is 0. The Labute approximate surface area is 82.1 Å². The molecule has 0 spiro atoms. The molecule has 0 amide bonds. The van der Waals surface area contributed by atoms with Crippen molar-refractivity contribution in [2.24, 2.45) is 29.1 Å². The van der Waals surface area contributed by atoms with Gasteiger partial charge in [-0.25, -0.2) is 0 Å². The summed E-state index contributed by atoms with van der Waals surface area (Å²) in [7, 11) is 0. The van der Waals surface area contributed by atoms with Gasteiger partial charge < -0.3 is 0 Å². The van der Waals surface area contributed by atoms with E-state index in [4.69, 9.17) is 0 Å². The molecule has 5 atom stereocenters. The largest absolute Gasteiger partial charge is 0.0649 e. The van der Waals surface area contributed by atoms with Crippen molar-refractivity contribution in [2.75, 3.05) is 0 Å². The molecule has 3 fully saturated rings. The molecule has 0 aromatic rings. The van der Waals surface area contributed by atoms with Gasteiger partial charge in [0.1, 0.15) is 0 Å². The minimum Gasteiger partial charge on any atom is -0.0649 e. The molecule has 0 N–H and O–H groups in total. The van der Waals surface area contributed by atoms with Crippen LogP contribution in [0.25, 0.3) is 0 Å². The normalized spacial score (nSPS) is 58.6. The molecule has 0 saturated heterocycles. The Morgan fingerprint density at radius 3 is 2.77 bits per heavy atom. The van der Waals surface area contributed by atoms with E-state index in [-0.39, 0.29) is 0 Å². The first-order chi connectivity index (χ1) is 6.24. The molecular weight excluding hydrogens is 156 g/mol. The predicted octanol–water partition coefficient (Wildman–Crippen LogP) is 3.86. The van der Waals surface area contributed by atoms with Gasteiger partial charge in [0.2, 0.25) is 0 Å². The molecule has 0 heterocycles. The Morgan fingerprint density at radius 2 is 2.00 bits per heavy atom. The molecule has 0 radical (unpaired) electrons. The summed E-state index contributed by atoms with van der Waals surface area (Å²) in [6.45, 7) is 4.97. The van der Waals surface area contributed by atoms with Crippen LogP contribution in [0.3, 0.4) is 0 Å². The predicted molar refractivity (Wildman–Crippen MR) is 55.4 cm³/mol. The highest BCUT2D eigenvalue weighted by atomic mass is 14.6. The van der Waals surface area contributed by atoms with Crippen LogP contribution in [0.1, 0.15) is 52.4 Å². The first-order valence-corrected chi connectivity index (χ1v) is 6.24. The van der Waals surface area contributed by atoms with Crippen LogP contribution in [0.4, 0.5) is 0 Å². The monoisotopic (exact) mass is 178 g/mol. The average molecular weight is 178 g/mol. The zero-order chi connectivity index (χ0) is 9.05. The quantitative estimate of drug-likeness (QED) is 0.572. The zero-order valence-corrected chi connectivity index (χ0v) is 9.05. The lowest BCUT2D eigenvalue weighted by Crippen LogP contribution is -2.32. The first kappa shape index (κ1) is 8.32. The first-order valence-electron chi connectivity index (χ1n) is 6.24. The van der Waals surface area contributed by atoms with Crippen molar-refractivity contribution in [2.45, 2.75) is 52.4 Å². The van der Waals surface area contributed by atoms with Gasteiger partial charge in [0.05, 0.1) is 0 Å². The van der Waals surface area contributed by atoms with Gasteiger partial charge in [0.25, 0.3) is 0 Å². The third kappa shape index (κ3) is 0.926. The highest BCUT2D eigenvalue weighted by molar-refractivity contribution is 5.07. The number of hydrogen-bond donors (Lipinski definition) is 0. The maximum Gasteiger partial charge on any atom is -0.0295 e. The molecule has 0 aliphatic heterocycles. The van der Waals surface area contributed by atoms with Gasteiger partial charge >= 0.3 is 0 Å². The van der Waals surface area contributed by atoms with E-state index in [9.17, 15) is 0 Å². The Kier molecular flexibility index (Phi) is 1.61. The van der Waals surface area contributed by atoms with E-state index < -0.39 is 0 Å². The fourth-order valence-corrected chi connectivity index (χ4v) is 4.97. The van der Waals surface area contributed by atoms with Crippen LogP contribution in [-0.4, -0.2) is 0 Å². The van der Waals surface area contributed by atoms with Crippen molar-refractivity contribution < 1.29 is 0 Å². The average Bonchev–Trinajstić information content (AvgIpc) is 2.72. The number of rotatable bonds is 1. The molecule has 3 aliphatic rings. The maximum absolute atomic E-state index is 2.56. The molecule has 3 saturated carbocycles. The lowest BCUT2D eigenvalue weighted by Gasteiger charge is -2.39. The highest BCUT2D eigenvalue weighted by Gasteiger charge is 2.57. The van der Waals surface area contributed by atoms with Gasteiger partial charge in [-0.3, -0.25) is 0 Å². The summed E-state index contributed by atoms with van der Waals surface area (Å²) in [6.07, 6.45) is 9.28. The lowest BCUT2D eigenvalue weighted by atomic mass is 9.65. The van der Waals surface area contributed by atoms with Crippen molar-refractivity contribution >= 4 is 0 Å². The van der Waals surface area contributed by atoms with E-state index in [1.54, 1.807) is 32.1 Å². The highest BCUT2D eigenvalue weighted by Crippen LogP contribution is 2.66. The van der Waals surface area contributed by atoms with Crippen LogP contribution in [0.5, 0.6) is 0 Å². The Balaban J connectivity index is 1.89. The van der Waals surface area contributed by atoms with Crippen LogP contribution in [-0.2, 0) is 0 Å². The smallest absolute Gasteiger partial charge is 0.0295 e. The molecular formula is C13H22. The molecule has 0 nitrogen and oxygen atoms in total. The Bertz CT molecular complexity index is 220. The lowest BCUT2D eigenvalue weighted by molar-refractivity contribution is 0.0956. The van der Waals surface area contributed by atoms with Gasteiger partial charge in [-0.1, -0.05) is 26.7 Å². The summed E-state index contributed by atoms with van der Waals surface area (Å²) in [5.41, 5.74) is 0.746. The second-order valence-electron chi connectivity index (χ2n) is 6.07. The van der Waals surface area contributed by atoms with Gasteiger partial charge in [-0.05, 0) is 54.8 Å². The molecule has 3 rings (SSSR count). The van der Waals surface area contributed by atoms with Crippen molar-refractivity contribution in [3.63, 3.8) is 0 Å². The summed E-state index contributed by atoms with van der Waals surface area (Å²) in [4.78, 5) is 0. The van der Waals surface area contributed by atoms with Gasteiger partial charge in [-0.15, -0.1) is 0 Å². The molecule has 0 heteroatoms. The van der Waals surface area contributed by atoms with E-state index in [1.165, 1.54) is 12.3 Å². The second kappa shape index (κ2) is 2.52. The third-order valence-electron chi connectivity index (χ3n) is 5.74. The topological polar surface area (TPSA) is 0 Å². The van der Waals surface area contributed by atoms with Crippen LogP contribution >= 0.6 is 0 Å². The maximum atomic E-state index is 2.56. The van der Waals surface area contributed by atoms with Crippen LogP contribution in [0.2, 0.25) is 0 Å². The molecule has 13 heavy (non-hydrogen) atoms. The summed E-state index contributed by atoms with van der Waals surface area (Å²) < 4.78 is 0. The van der Waals surface area contributed by atoms with E-state index in [0.717, 1.165) is 23.2 Å². The van der Waals surface area contributed by atoms with Gasteiger partial charge in [0.15, 0.2) is 0 Å². The summed E-state index contributed by atoms with van der Waals surface area (Å²) in [5, 5.41) is 0.